The Balaban J connectivity index is 1.43. The lowest BCUT2D eigenvalue weighted by molar-refractivity contribution is -0.129. The van der Waals surface area contributed by atoms with Crippen molar-refractivity contribution in [2.45, 2.75) is 30.6 Å². The van der Waals surface area contributed by atoms with Crippen molar-refractivity contribution in [3.63, 3.8) is 0 Å². The molecule has 1 aliphatic carbocycles. The van der Waals surface area contributed by atoms with Crippen LogP contribution in [0.5, 0.6) is 5.75 Å². The highest BCUT2D eigenvalue weighted by Gasteiger charge is 2.33. The van der Waals surface area contributed by atoms with Gasteiger partial charge in [0.25, 0.3) is 0 Å². The number of carbonyl (C=O) groups is 1. The van der Waals surface area contributed by atoms with Gasteiger partial charge in [0.05, 0.1) is 18.6 Å². The molecule has 29 heavy (non-hydrogen) atoms. The molecule has 1 saturated carbocycles. The molecule has 1 amide bonds. The molecule has 0 saturated heterocycles. The smallest absolute Gasteiger partial charge is 0.233 e. The van der Waals surface area contributed by atoms with Crippen molar-refractivity contribution < 1.29 is 13.9 Å². The minimum Gasteiger partial charge on any atom is -0.497 e. The van der Waals surface area contributed by atoms with E-state index >= 15 is 0 Å². The van der Waals surface area contributed by atoms with Crippen LogP contribution in [0.25, 0.3) is 5.69 Å². The third kappa shape index (κ3) is 4.56. The van der Waals surface area contributed by atoms with Gasteiger partial charge in [0.2, 0.25) is 11.1 Å². The lowest BCUT2D eigenvalue weighted by Gasteiger charge is -2.22. The van der Waals surface area contributed by atoms with Crippen LogP contribution < -0.4 is 4.74 Å². The van der Waals surface area contributed by atoms with E-state index in [9.17, 15) is 9.18 Å². The quantitative estimate of drug-likeness (QED) is 0.529. The fourth-order valence-corrected chi connectivity index (χ4v) is 3.76. The SMILES string of the molecule is COc1ccc(-n2nnnc2SCC(=O)N(Cc2ccccc2F)C2CC2)cc1. The van der Waals surface area contributed by atoms with Crippen LogP contribution in [-0.2, 0) is 11.3 Å². The van der Waals surface area contributed by atoms with Gasteiger partial charge >= 0.3 is 0 Å². The minimum absolute atomic E-state index is 0.0509. The molecule has 0 aliphatic heterocycles. The molecular weight excluding hydrogens is 393 g/mol. The summed E-state index contributed by atoms with van der Waals surface area (Å²) in [5.41, 5.74) is 1.30. The van der Waals surface area contributed by atoms with E-state index in [1.165, 1.54) is 17.8 Å². The second-order valence-electron chi connectivity index (χ2n) is 6.70. The van der Waals surface area contributed by atoms with Gasteiger partial charge in [-0.15, -0.1) is 5.10 Å². The van der Waals surface area contributed by atoms with E-state index in [1.54, 1.807) is 34.9 Å². The highest BCUT2D eigenvalue weighted by Crippen LogP contribution is 2.30. The van der Waals surface area contributed by atoms with Gasteiger partial charge in [-0.2, -0.15) is 4.68 Å². The third-order valence-electron chi connectivity index (χ3n) is 4.69. The van der Waals surface area contributed by atoms with Gasteiger partial charge in [-0.05, 0) is 53.6 Å². The molecule has 9 heteroatoms. The number of thioether (sulfide) groups is 1. The van der Waals surface area contributed by atoms with Crippen molar-refractivity contribution in [3.8, 4) is 11.4 Å². The molecule has 0 atom stereocenters. The topological polar surface area (TPSA) is 73.1 Å². The fraction of sp³-hybridized carbons (Fsp3) is 0.300. The standard InChI is InChI=1S/C20H20FN5O2S/c1-28-17-10-8-16(9-11-17)26-20(22-23-24-26)29-13-19(27)25(15-6-7-15)12-14-4-2-3-5-18(14)21/h2-5,8-11,15H,6-7,12-13H2,1H3. The van der Waals surface area contributed by atoms with Crippen LogP contribution in [0.1, 0.15) is 18.4 Å². The summed E-state index contributed by atoms with van der Waals surface area (Å²) in [5.74, 6) is 0.577. The lowest BCUT2D eigenvalue weighted by Crippen LogP contribution is -2.34. The van der Waals surface area contributed by atoms with E-state index in [0.717, 1.165) is 24.3 Å². The van der Waals surface area contributed by atoms with Gasteiger partial charge < -0.3 is 9.64 Å². The van der Waals surface area contributed by atoms with Crippen LogP contribution in [0.4, 0.5) is 4.39 Å². The minimum atomic E-state index is -0.290. The Morgan fingerprint density at radius 3 is 2.69 bits per heavy atom. The summed E-state index contributed by atoms with van der Waals surface area (Å²) in [5, 5.41) is 12.3. The van der Waals surface area contributed by atoms with Gasteiger partial charge in [-0.3, -0.25) is 4.79 Å². The second kappa shape index (κ2) is 8.60. The summed E-state index contributed by atoms with van der Waals surface area (Å²) < 4.78 is 20.8. The zero-order valence-corrected chi connectivity index (χ0v) is 16.7. The number of tetrazole rings is 1. The maximum absolute atomic E-state index is 14.0. The number of ether oxygens (including phenoxy) is 1. The summed E-state index contributed by atoms with van der Waals surface area (Å²) in [6, 6.07) is 14.1. The Morgan fingerprint density at radius 1 is 1.24 bits per heavy atom. The van der Waals surface area contributed by atoms with Crippen molar-refractivity contribution in [2.75, 3.05) is 12.9 Å². The van der Waals surface area contributed by atoms with Gasteiger partial charge in [0.15, 0.2) is 0 Å². The number of benzene rings is 2. The van der Waals surface area contributed by atoms with E-state index in [1.807, 2.05) is 24.3 Å². The van der Waals surface area contributed by atoms with Gasteiger partial charge in [0, 0.05) is 18.2 Å². The first-order valence-corrected chi connectivity index (χ1v) is 10.2. The molecule has 150 valence electrons. The van der Waals surface area contributed by atoms with Crippen molar-refractivity contribution in [3.05, 3.63) is 59.9 Å². The van der Waals surface area contributed by atoms with Gasteiger partial charge in [0.1, 0.15) is 11.6 Å². The highest BCUT2D eigenvalue weighted by atomic mass is 32.2. The average molecular weight is 413 g/mol. The molecule has 1 fully saturated rings. The summed E-state index contributed by atoms with van der Waals surface area (Å²) in [4.78, 5) is 14.6. The summed E-state index contributed by atoms with van der Waals surface area (Å²) in [6.07, 6.45) is 1.91. The maximum atomic E-state index is 14.0. The first-order chi connectivity index (χ1) is 14.2. The zero-order valence-electron chi connectivity index (χ0n) is 15.9. The molecule has 1 aliphatic rings. The number of methoxy groups -OCH3 is 1. The first kappa shape index (κ1) is 19.4. The molecule has 7 nitrogen and oxygen atoms in total. The first-order valence-electron chi connectivity index (χ1n) is 9.24. The maximum Gasteiger partial charge on any atom is 0.233 e. The molecule has 0 spiro atoms. The molecule has 0 bridgehead atoms. The average Bonchev–Trinajstić information content (AvgIpc) is 3.48. The number of halogens is 1. The Hall–Kier alpha value is -2.94. The number of rotatable bonds is 8. The normalized spacial score (nSPS) is 13.3. The van der Waals surface area contributed by atoms with E-state index in [4.69, 9.17) is 4.74 Å². The third-order valence-corrected chi connectivity index (χ3v) is 5.59. The Labute approximate surface area is 171 Å². The van der Waals surface area contributed by atoms with Crippen LogP contribution in [0.3, 0.4) is 0 Å². The summed E-state index contributed by atoms with van der Waals surface area (Å²) in [7, 11) is 1.60. The van der Waals surface area contributed by atoms with Crippen molar-refractivity contribution >= 4 is 17.7 Å². The Kier molecular flexibility index (Phi) is 5.75. The van der Waals surface area contributed by atoms with Crippen LogP contribution in [0.15, 0.2) is 53.7 Å². The monoisotopic (exact) mass is 413 g/mol. The largest absolute Gasteiger partial charge is 0.497 e. The molecule has 4 rings (SSSR count). The molecule has 0 unspecified atom stereocenters. The van der Waals surface area contributed by atoms with Crippen molar-refractivity contribution in [1.82, 2.24) is 25.1 Å². The van der Waals surface area contributed by atoms with Crippen molar-refractivity contribution in [2.24, 2.45) is 0 Å². The predicted octanol–water partition coefficient (Wildman–Crippen LogP) is 3.09. The van der Waals surface area contributed by atoms with E-state index in [2.05, 4.69) is 15.5 Å². The number of aromatic nitrogens is 4. The summed E-state index contributed by atoms with van der Waals surface area (Å²) in [6.45, 7) is 0.278. The molecule has 3 aromatic rings. The molecule has 0 N–H and O–H groups in total. The molecule has 1 heterocycles. The number of nitrogens with zero attached hydrogens (tertiary/aromatic N) is 5. The Morgan fingerprint density at radius 2 is 2.00 bits per heavy atom. The highest BCUT2D eigenvalue weighted by molar-refractivity contribution is 7.99. The number of carbonyl (C=O) groups excluding carboxylic acids is 1. The second-order valence-corrected chi connectivity index (χ2v) is 7.65. The van der Waals surface area contributed by atoms with Crippen molar-refractivity contribution in [1.29, 1.82) is 0 Å². The number of hydrogen-bond acceptors (Lipinski definition) is 6. The number of hydrogen-bond donors (Lipinski definition) is 0. The van der Waals surface area contributed by atoms with Gasteiger partial charge in [-0.1, -0.05) is 30.0 Å². The van der Waals surface area contributed by atoms with E-state index in [-0.39, 0.29) is 30.1 Å². The fourth-order valence-electron chi connectivity index (χ4n) is 2.98. The summed E-state index contributed by atoms with van der Waals surface area (Å²) >= 11 is 1.27. The molecule has 0 radical (unpaired) electrons. The molecular formula is C20H20FN5O2S. The van der Waals surface area contributed by atoms with Crippen LogP contribution in [-0.4, -0.2) is 49.9 Å². The molecule has 1 aromatic heterocycles. The van der Waals surface area contributed by atoms with Crippen LogP contribution in [0.2, 0.25) is 0 Å². The zero-order chi connectivity index (χ0) is 20.2. The molecule has 2 aromatic carbocycles. The van der Waals surface area contributed by atoms with Gasteiger partial charge in [-0.25, -0.2) is 4.39 Å². The Bertz CT molecular complexity index is 991. The lowest BCUT2D eigenvalue weighted by atomic mass is 10.2. The number of amides is 1. The van der Waals surface area contributed by atoms with Crippen LogP contribution in [0, 0.1) is 5.82 Å². The van der Waals surface area contributed by atoms with Crippen LogP contribution >= 0.6 is 11.8 Å². The predicted molar refractivity (Wildman–Crippen MR) is 106 cm³/mol. The van der Waals surface area contributed by atoms with E-state index < -0.39 is 0 Å². The van der Waals surface area contributed by atoms with E-state index in [0.29, 0.717) is 10.7 Å².